The predicted molar refractivity (Wildman–Crippen MR) is 64.0 cm³/mol. The van der Waals surface area contributed by atoms with Crippen LogP contribution in [0.2, 0.25) is 10.3 Å². The van der Waals surface area contributed by atoms with Crippen molar-refractivity contribution in [2.45, 2.75) is 19.3 Å². The molecule has 1 fully saturated rings. The van der Waals surface area contributed by atoms with Gasteiger partial charge in [-0.05, 0) is 31.4 Å². The van der Waals surface area contributed by atoms with Crippen LogP contribution in [0.15, 0.2) is 12.1 Å². The normalized spacial score (nSPS) is 16.2. The molecule has 16 heavy (non-hydrogen) atoms. The minimum atomic E-state index is -0.00843. The smallest absolute Gasteiger partial charge is 0.254 e. The van der Waals surface area contributed by atoms with Crippen LogP contribution in [0.25, 0.3) is 0 Å². The number of rotatable bonds is 1. The molecule has 5 heteroatoms. The van der Waals surface area contributed by atoms with E-state index in [-0.39, 0.29) is 16.2 Å². The number of likely N-dealkylation sites (tertiary alicyclic amines) is 1. The maximum absolute atomic E-state index is 12.1. The molecule has 0 aliphatic carbocycles. The van der Waals surface area contributed by atoms with Crippen LogP contribution < -0.4 is 0 Å². The van der Waals surface area contributed by atoms with Gasteiger partial charge in [0.05, 0.1) is 0 Å². The van der Waals surface area contributed by atoms with Crippen molar-refractivity contribution in [1.29, 1.82) is 0 Å². The third-order valence-corrected chi connectivity index (χ3v) is 3.04. The van der Waals surface area contributed by atoms with Crippen LogP contribution in [0, 0.1) is 0 Å². The van der Waals surface area contributed by atoms with Gasteiger partial charge in [0.1, 0.15) is 10.3 Å². The number of nitrogens with zero attached hydrogens (tertiary/aromatic N) is 2. The van der Waals surface area contributed by atoms with Crippen LogP contribution in [0.4, 0.5) is 0 Å². The van der Waals surface area contributed by atoms with Crippen LogP contribution in [0.5, 0.6) is 0 Å². The van der Waals surface area contributed by atoms with E-state index in [0.29, 0.717) is 5.56 Å². The van der Waals surface area contributed by atoms with Crippen LogP contribution in [0.3, 0.4) is 0 Å². The first-order valence-electron chi connectivity index (χ1n) is 5.29. The lowest BCUT2D eigenvalue weighted by molar-refractivity contribution is 0.0724. The van der Waals surface area contributed by atoms with Crippen molar-refractivity contribution < 1.29 is 4.79 Å². The minimum Gasteiger partial charge on any atom is -0.339 e. The number of halogens is 2. The summed E-state index contributed by atoms with van der Waals surface area (Å²) in [6.45, 7) is 1.63. The molecule has 0 N–H and O–H groups in total. The fourth-order valence-corrected chi connectivity index (χ4v) is 2.33. The third kappa shape index (κ3) is 2.66. The fraction of sp³-hybridized carbons (Fsp3) is 0.455. The van der Waals surface area contributed by atoms with Crippen LogP contribution >= 0.6 is 23.2 Å². The van der Waals surface area contributed by atoms with Gasteiger partial charge in [-0.15, -0.1) is 0 Å². The molecule has 1 aromatic heterocycles. The number of amides is 1. The number of aromatic nitrogens is 1. The van der Waals surface area contributed by atoms with Gasteiger partial charge >= 0.3 is 0 Å². The fourth-order valence-electron chi connectivity index (χ4n) is 1.87. The summed E-state index contributed by atoms with van der Waals surface area (Å²) < 4.78 is 0. The van der Waals surface area contributed by atoms with E-state index in [2.05, 4.69) is 4.98 Å². The van der Waals surface area contributed by atoms with Crippen molar-refractivity contribution in [3.05, 3.63) is 28.0 Å². The van der Waals surface area contributed by atoms with Gasteiger partial charge in [-0.25, -0.2) is 4.98 Å². The van der Waals surface area contributed by atoms with E-state index in [9.17, 15) is 4.79 Å². The summed E-state index contributed by atoms with van der Waals surface area (Å²) in [7, 11) is 0. The summed E-state index contributed by atoms with van der Waals surface area (Å²) in [6.07, 6.45) is 3.33. The first-order valence-corrected chi connectivity index (χ1v) is 6.05. The first-order chi connectivity index (χ1) is 7.66. The molecule has 1 saturated heterocycles. The summed E-state index contributed by atoms with van der Waals surface area (Å²) in [5.41, 5.74) is 0.520. The molecule has 0 saturated carbocycles. The summed E-state index contributed by atoms with van der Waals surface area (Å²) >= 11 is 11.5. The number of carbonyl (C=O) groups excluding carboxylic acids is 1. The molecule has 1 aromatic rings. The molecular weight excluding hydrogens is 247 g/mol. The van der Waals surface area contributed by atoms with Crippen LogP contribution in [-0.4, -0.2) is 28.9 Å². The second-order valence-corrected chi connectivity index (χ2v) is 4.63. The van der Waals surface area contributed by atoms with Gasteiger partial charge in [0, 0.05) is 18.7 Å². The maximum atomic E-state index is 12.1. The van der Waals surface area contributed by atoms with E-state index in [1.807, 2.05) is 4.90 Å². The predicted octanol–water partition coefficient (Wildman–Crippen LogP) is 3.01. The second-order valence-electron chi connectivity index (χ2n) is 3.85. The lowest BCUT2D eigenvalue weighted by Gasteiger charge is -2.26. The van der Waals surface area contributed by atoms with E-state index in [1.165, 1.54) is 6.42 Å². The summed E-state index contributed by atoms with van der Waals surface area (Å²) in [5, 5.41) is 0.515. The van der Waals surface area contributed by atoms with Gasteiger partial charge in [0.2, 0.25) is 0 Å². The summed E-state index contributed by atoms with van der Waals surface area (Å²) in [5.74, 6) is -0.00843. The van der Waals surface area contributed by atoms with Crippen molar-refractivity contribution >= 4 is 29.1 Å². The topological polar surface area (TPSA) is 33.2 Å². The van der Waals surface area contributed by atoms with E-state index < -0.39 is 0 Å². The quantitative estimate of drug-likeness (QED) is 0.726. The van der Waals surface area contributed by atoms with Crippen molar-refractivity contribution in [1.82, 2.24) is 9.88 Å². The Kier molecular flexibility index (Phi) is 3.66. The molecule has 0 atom stereocenters. The number of pyridine rings is 1. The molecule has 2 rings (SSSR count). The molecule has 0 spiro atoms. The Hall–Kier alpha value is -0.800. The molecule has 0 aromatic carbocycles. The zero-order chi connectivity index (χ0) is 11.5. The van der Waals surface area contributed by atoms with E-state index in [0.717, 1.165) is 25.9 Å². The Balaban J connectivity index is 2.19. The number of carbonyl (C=O) groups is 1. The van der Waals surface area contributed by atoms with Crippen LogP contribution in [-0.2, 0) is 0 Å². The molecule has 2 heterocycles. The van der Waals surface area contributed by atoms with Crippen molar-refractivity contribution in [3.63, 3.8) is 0 Å². The third-order valence-electron chi connectivity index (χ3n) is 2.65. The number of hydrogen-bond donors (Lipinski definition) is 0. The maximum Gasteiger partial charge on any atom is 0.254 e. The number of hydrogen-bond acceptors (Lipinski definition) is 2. The highest BCUT2D eigenvalue weighted by Gasteiger charge is 2.18. The monoisotopic (exact) mass is 258 g/mol. The number of piperidine rings is 1. The van der Waals surface area contributed by atoms with Gasteiger partial charge in [-0.1, -0.05) is 23.2 Å². The molecule has 0 radical (unpaired) electrons. The lowest BCUT2D eigenvalue weighted by Crippen LogP contribution is -2.35. The first kappa shape index (κ1) is 11.7. The highest BCUT2D eigenvalue weighted by molar-refractivity contribution is 6.33. The summed E-state index contributed by atoms with van der Waals surface area (Å²) in [4.78, 5) is 17.7. The van der Waals surface area contributed by atoms with Crippen molar-refractivity contribution in [2.75, 3.05) is 13.1 Å². The van der Waals surface area contributed by atoms with Gasteiger partial charge in [0.25, 0.3) is 5.91 Å². The Morgan fingerprint density at radius 3 is 2.25 bits per heavy atom. The second kappa shape index (κ2) is 5.02. The van der Waals surface area contributed by atoms with Crippen molar-refractivity contribution in [3.8, 4) is 0 Å². The largest absolute Gasteiger partial charge is 0.339 e. The zero-order valence-corrected chi connectivity index (χ0v) is 10.3. The SMILES string of the molecule is O=C(c1cc(Cl)nc(Cl)c1)N1CCCCC1. The summed E-state index contributed by atoms with van der Waals surface area (Å²) in [6, 6.07) is 3.12. The Bertz CT molecular complexity index is 383. The molecule has 1 amide bonds. The zero-order valence-electron chi connectivity index (χ0n) is 8.75. The lowest BCUT2D eigenvalue weighted by atomic mass is 10.1. The van der Waals surface area contributed by atoms with Crippen LogP contribution in [0.1, 0.15) is 29.6 Å². The van der Waals surface area contributed by atoms with Gasteiger partial charge in [0.15, 0.2) is 0 Å². The average molecular weight is 259 g/mol. The van der Waals surface area contributed by atoms with Gasteiger partial charge in [-0.2, -0.15) is 0 Å². The highest BCUT2D eigenvalue weighted by Crippen LogP contribution is 2.18. The van der Waals surface area contributed by atoms with E-state index >= 15 is 0 Å². The Labute approximate surface area is 104 Å². The molecule has 3 nitrogen and oxygen atoms in total. The van der Waals surface area contributed by atoms with Gasteiger partial charge in [-0.3, -0.25) is 4.79 Å². The standard InChI is InChI=1S/C11H12Cl2N2O/c12-9-6-8(7-10(13)14-9)11(16)15-4-2-1-3-5-15/h6-7H,1-5H2. The van der Waals surface area contributed by atoms with E-state index in [4.69, 9.17) is 23.2 Å². The molecule has 0 bridgehead atoms. The van der Waals surface area contributed by atoms with Crippen molar-refractivity contribution in [2.24, 2.45) is 0 Å². The Morgan fingerprint density at radius 1 is 1.12 bits per heavy atom. The Morgan fingerprint density at radius 2 is 1.69 bits per heavy atom. The highest BCUT2D eigenvalue weighted by atomic mass is 35.5. The molecule has 86 valence electrons. The van der Waals surface area contributed by atoms with E-state index in [1.54, 1.807) is 12.1 Å². The molecule has 1 aliphatic heterocycles. The average Bonchev–Trinajstić information content (AvgIpc) is 2.28. The van der Waals surface area contributed by atoms with Gasteiger partial charge < -0.3 is 4.90 Å². The molecule has 0 unspecified atom stereocenters. The minimum absolute atomic E-state index is 0.00843. The molecule has 1 aliphatic rings. The molecular formula is C11H12Cl2N2O.